The largest absolute Gasteiger partial charge is 0.346 e. The number of hydrogen-bond donors (Lipinski definition) is 1. The zero-order chi connectivity index (χ0) is 11.5. The molecular formula is C10H12N4OS. The molecule has 2 heterocycles. The third kappa shape index (κ3) is 2.27. The van der Waals surface area contributed by atoms with Crippen molar-refractivity contribution in [3.8, 4) is 0 Å². The maximum absolute atomic E-state index is 11.6. The summed E-state index contributed by atoms with van der Waals surface area (Å²) in [6, 6.07) is 0. The fourth-order valence-corrected chi connectivity index (χ4v) is 1.95. The summed E-state index contributed by atoms with van der Waals surface area (Å²) in [4.78, 5) is 15.5. The van der Waals surface area contributed by atoms with Crippen molar-refractivity contribution in [2.45, 2.75) is 13.5 Å². The van der Waals surface area contributed by atoms with Crippen LogP contribution in [-0.4, -0.2) is 20.7 Å². The molecule has 0 saturated carbocycles. The number of nitrogens with one attached hydrogen (secondary N) is 1. The Kier molecular flexibility index (Phi) is 3.00. The van der Waals surface area contributed by atoms with E-state index in [1.165, 1.54) is 11.3 Å². The first-order valence-corrected chi connectivity index (χ1v) is 5.76. The van der Waals surface area contributed by atoms with E-state index >= 15 is 0 Å². The molecule has 0 unspecified atom stereocenters. The van der Waals surface area contributed by atoms with Gasteiger partial charge in [-0.3, -0.25) is 9.48 Å². The third-order valence-electron chi connectivity index (χ3n) is 2.22. The normalized spacial score (nSPS) is 10.4. The number of carbonyl (C=O) groups excluding carboxylic acids is 1. The van der Waals surface area contributed by atoms with E-state index in [1.54, 1.807) is 15.6 Å². The van der Waals surface area contributed by atoms with Crippen LogP contribution in [0.1, 0.15) is 21.7 Å². The van der Waals surface area contributed by atoms with Gasteiger partial charge in [0.25, 0.3) is 5.91 Å². The summed E-state index contributed by atoms with van der Waals surface area (Å²) in [7, 11) is 1.86. The van der Waals surface area contributed by atoms with E-state index in [2.05, 4.69) is 15.4 Å². The molecular weight excluding hydrogens is 224 g/mol. The number of hydrogen-bond acceptors (Lipinski definition) is 4. The highest BCUT2D eigenvalue weighted by Gasteiger charge is 2.08. The van der Waals surface area contributed by atoms with Gasteiger partial charge in [-0.15, -0.1) is 11.3 Å². The van der Waals surface area contributed by atoms with Crippen LogP contribution < -0.4 is 5.32 Å². The van der Waals surface area contributed by atoms with E-state index in [0.29, 0.717) is 12.2 Å². The van der Waals surface area contributed by atoms with Crippen LogP contribution in [-0.2, 0) is 13.6 Å². The Morgan fingerprint density at radius 1 is 1.62 bits per heavy atom. The van der Waals surface area contributed by atoms with Gasteiger partial charge in [0.1, 0.15) is 5.69 Å². The van der Waals surface area contributed by atoms with Crippen LogP contribution in [0.2, 0.25) is 0 Å². The van der Waals surface area contributed by atoms with Crippen LogP contribution in [0, 0.1) is 6.92 Å². The number of rotatable bonds is 3. The van der Waals surface area contributed by atoms with Crippen LogP contribution in [0.4, 0.5) is 0 Å². The molecule has 0 fully saturated rings. The van der Waals surface area contributed by atoms with Gasteiger partial charge in [0.2, 0.25) is 0 Å². The molecule has 0 aliphatic rings. The molecule has 0 aliphatic heterocycles. The number of aryl methyl sites for hydroxylation is 2. The van der Waals surface area contributed by atoms with Crippen LogP contribution in [0.5, 0.6) is 0 Å². The van der Waals surface area contributed by atoms with Crippen molar-refractivity contribution >= 4 is 17.2 Å². The first-order chi connectivity index (χ1) is 7.66. The summed E-state index contributed by atoms with van der Waals surface area (Å²) in [5, 5.41) is 8.74. The Hall–Kier alpha value is -1.69. The summed E-state index contributed by atoms with van der Waals surface area (Å²) >= 11 is 1.41. The van der Waals surface area contributed by atoms with Gasteiger partial charge in [0.15, 0.2) is 0 Å². The lowest BCUT2D eigenvalue weighted by molar-refractivity contribution is 0.0946. The molecule has 0 aliphatic carbocycles. The second kappa shape index (κ2) is 4.44. The number of nitrogens with zero attached hydrogens (tertiary/aromatic N) is 3. The molecule has 2 rings (SSSR count). The average molecular weight is 236 g/mol. The van der Waals surface area contributed by atoms with E-state index in [4.69, 9.17) is 0 Å². The maximum atomic E-state index is 11.6. The predicted molar refractivity (Wildman–Crippen MR) is 61.2 cm³/mol. The van der Waals surface area contributed by atoms with Gasteiger partial charge >= 0.3 is 0 Å². The Morgan fingerprint density at radius 3 is 3.00 bits per heavy atom. The molecule has 0 radical (unpaired) electrons. The van der Waals surface area contributed by atoms with E-state index in [-0.39, 0.29) is 5.91 Å². The zero-order valence-electron chi connectivity index (χ0n) is 9.10. The molecule has 1 amide bonds. The SMILES string of the molecule is Cc1nn(C)cc1CNC(=O)c1cscn1. The quantitative estimate of drug-likeness (QED) is 0.868. The number of carbonyl (C=O) groups is 1. The summed E-state index contributed by atoms with van der Waals surface area (Å²) < 4.78 is 1.74. The van der Waals surface area contributed by atoms with Gasteiger partial charge in [-0.25, -0.2) is 4.98 Å². The highest BCUT2D eigenvalue weighted by atomic mass is 32.1. The first-order valence-electron chi connectivity index (χ1n) is 4.82. The van der Waals surface area contributed by atoms with E-state index < -0.39 is 0 Å². The minimum Gasteiger partial charge on any atom is -0.346 e. The fraction of sp³-hybridized carbons (Fsp3) is 0.300. The highest BCUT2D eigenvalue weighted by Crippen LogP contribution is 2.05. The second-order valence-electron chi connectivity index (χ2n) is 3.47. The molecule has 6 heteroatoms. The van der Waals surface area contributed by atoms with Gasteiger partial charge in [0, 0.05) is 30.7 Å². The van der Waals surface area contributed by atoms with E-state index in [1.807, 2.05) is 20.2 Å². The maximum Gasteiger partial charge on any atom is 0.271 e. The Balaban J connectivity index is 1.98. The molecule has 0 atom stereocenters. The van der Waals surface area contributed by atoms with Gasteiger partial charge in [-0.05, 0) is 6.92 Å². The summed E-state index contributed by atoms with van der Waals surface area (Å²) in [6.45, 7) is 2.40. The first kappa shape index (κ1) is 10.8. The van der Waals surface area contributed by atoms with Crippen molar-refractivity contribution in [3.05, 3.63) is 34.0 Å². The van der Waals surface area contributed by atoms with Crippen LogP contribution in [0.25, 0.3) is 0 Å². The molecule has 0 saturated heterocycles. The van der Waals surface area contributed by atoms with E-state index in [9.17, 15) is 4.79 Å². The summed E-state index contributed by atoms with van der Waals surface area (Å²) in [5.41, 5.74) is 4.06. The molecule has 0 spiro atoms. The molecule has 0 aromatic carbocycles. The van der Waals surface area contributed by atoms with Crippen LogP contribution >= 0.6 is 11.3 Å². The molecule has 1 N–H and O–H groups in total. The van der Waals surface area contributed by atoms with Crippen molar-refractivity contribution in [1.82, 2.24) is 20.1 Å². The van der Waals surface area contributed by atoms with Crippen molar-refractivity contribution in [1.29, 1.82) is 0 Å². The van der Waals surface area contributed by atoms with Gasteiger partial charge < -0.3 is 5.32 Å². The number of aromatic nitrogens is 3. The van der Waals surface area contributed by atoms with Crippen molar-refractivity contribution < 1.29 is 4.79 Å². The molecule has 5 nitrogen and oxygen atoms in total. The predicted octanol–water partition coefficient (Wildman–Crippen LogP) is 1.12. The molecule has 16 heavy (non-hydrogen) atoms. The Morgan fingerprint density at radius 2 is 2.44 bits per heavy atom. The van der Waals surface area contributed by atoms with Gasteiger partial charge in [-0.1, -0.05) is 0 Å². The molecule has 84 valence electrons. The summed E-state index contributed by atoms with van der Waals surface area (Å²) in [6.07, 6.45) is 1.90. The molecule has 0 bridgehead atoms. The summed E-state index contributed by atoms with van der Waals surface area (Å²) in [5.74, 6) is -0.149. The van der Waals surface area contributed by atoms with Gasteiger partial charge in [-0.2, -0.15) is 5.10 Å². The molecule has 2 aromatic rings. The van der Waals surface area contributed by atoms with Crippen molar-refractivity contribution in [3.63, 3.8) is 0 Å². The smallest absolute Gasteiger partial charge is 0.271 e. The minimum absolute atomic E-state index is 0.149. The lowest BCUT2D eigenvalue weighted by Gasteiger charge is -2.01. The Labute approximate surface area is 97.1 Å². The fourth-order valence-electron chi connectivity index (χ4n) is 1.41. The van der Waals surface area contributed by atoms with Gasteiger partial charge in [0.05, 0.1) is 11.2 Å². The third-order valence-corrected chi connectivity index (χ3v) is 2.81. The van der Waals surface area contributed by atoms with E-state index in [0.717, 1.165) is 11.3 Å². The van der Waals surface area contributed by atoms with Crippen molar-refractivity contribution in [2.24, 2.45) is 7.05 Å². The monoisotopic (exact) mass is 236 g/mol. The lowest BCUT2D eigenvalue weighted by Crippen LogP contribution is -2.23. The standard InChI is InChI=1S/C10H12N4OS/c1-7-8(4-14(2)13-7)3-11-10(15)9-5-16-6-12-9/h4-6H,3H2,1-2H3,(H,11,15). The molecule has 2 aromatic heterocycles. The van der Waals surface area contributed by atoms with Crippen molar-refractivity contribution in [2.75, 3.05) is 0 Å². The minimum atomic E-state index is -0.149. The topological polar surface area (TPSA) is 59.8 Å². The van der Waals surface area contributed by atoms with Crippen LogP contribution in [0.15, 0.2) is 17.1 Å². The average Bonchev–Trinajstić information content (AvgIpc) is 2.84. The second-order valence-corrected chi connectivity index (χ2v) is 4.19. The zero-order valence-corrected chi connectivity index (χ0v) is 9.91. The van der Waals surface area contributed by atoms with Crippen LogP contribution in [0.3, 0.4) is 0 Å². The highest BCUT2D eigenvalue weighted by molar-refractivity contribution is 7.07. The Bertz CT molecular complexity index is 489. The number of thiazole rings is 1. The lowest BCUT2D eigenvalue weighted by atomic mass is 10.2. The number of amides is 1.